The van der Waals surface area contributed by atoms with E-state index in [1.807, 2.05) is 14.8 Å². The fourth-order valence-electron chi connectivity index (χ4n) is 2.75. The van der Waals surface area contributed by atoms with Crippen LogP contribution >= 0.6 is 23.5 Å². The summed E-state index contributed by atoms with van der Waals surface area (Å²) in [5.74, 6) is 0. The summed E-state index contributed by atoms with van der Waals surface area (Å²) in [7, 11) is -11.1. The summed E-state index contributed by atoms with van der Waals surface area (Å²) in [6, 6.07) is -0.0861. The van der Waals surface area contributed by atoms with E-state index >= 15 is 0 Å². The van der Waals surface area contributed by atoms with Gasteiger partial charge in [0, 0.05) is 12.6 Å². The number of phosphoric ester groups is 3. The number of hydrogen-bond donors (Lipinski definition) is 4. The van der Waals surface area contributed by atoms with Crippen LogP contribution in [0.2, 0.25) is 0 Å². The summed E-state index contributed by atoms with van der Waals surface area (Å²) < 4.78 is 69.5. The molecule has 1 rings (SSSR count). The number of aliphatic hydroxyl groups excluding tert-OH is 1. The second-order valence-corrected chi connectivity index (χ2v) is 11.4. The zero-order chi connectivity index (χ0) is 25.0. The van der Waals surface area contributed by atoms with Crippen molar-refractivity contribution in [1.29, 1.82) is 0 Å². The van der Waals surface area contributed by atoms with Gasteiger partial charge < -0.3 is 24.5 Å². The fourth-order valence-corrected chi connectivity index (χ4v) is 5.32. The van der Waals surface area contributed by atoms with Gasteiger partial charge in [-0.15, -0.1) is 0 Å². The summed E-state index contributed by atoms with van der Waals surface area (Å²) in [6.45, 7) is 0.377. The Hall–Kier alpha value is 0.315. The van der Waals surface area contributed by atoms with E-state index < -0.39 is 29.6 Å². The Bertz CT molecular complexity index is 697. The van der Waals surface area contributed by atoms with Gasteiger partial charge in [0.1, 0.15) is 7.85 Å². The van der Waals surface area contributed by atoms with Gasteiger partial charge in [-0.3, -0.25) is 27.1 Å². The van der Waals surface area contributed by atoms with Gasteiger partial charge in [0.05, 0.1) is 45.2 Å². The number of rotatable bonds is 19. The van der Waals surface area contributed by atoms with Crippen LogP contribution in [0.15, 0.2) is 0 Å². The van der Waals surface area contributed by atoms with E-state index in [4.69, 9.17) is 27.9 Å². The molecule has 0 spiro atoms. The largest absolute Gasteiger partial charge is 0.472 e. The van der Waals surface area contributed by atoms with Crippen LogP contribution in [0.5, 0.6) is 0 Å². The van der Waals surface area contributed by atoms with E-state index in [1.54, 1.807) is 0 Å². The standard InChI is InChI=1S/C15H34BO14P3/c1-2-13-14(12-15(16)29-13)30-33(22,23)28-11-5-10-27-32(20,21)26-9-4-8-25-31(18,19)24-7-3-6-17/h13-15,17H,2-12,16H2,1H3,(H,18,19)(H,20,21)(H,22,23). The van der Waals surface area contributed by atoms with Gasteiger partial charge in [-0.1, -0.05) is 6.92 Å². The van der Waals surface area contributed by atoms with E-state index in [-0.39, 0.29) is 71.0 Å². The third kappa shape index (κ3) is 14.5. The molecule has 0 aliphatic carbocycles. The smallest absolute Gasteiger partial charge is 0.396 e. The fraction of sp³-hybridized carbons (Fsp3) is 1.00. The second kappa shape index (κ2) is 15.4. The van der Waals surface area contributed by atoms with Crippen molar-refractivity contribution in [2.45, 2.75) is 57.2 Å². The molecule has 0 aromatic heterocycles. The van der Waals surface area contributed by atoms with Crippen LogP contribution in [-0.2, 0) is 45.6 Å². The first-order valence-corrected chi connectivity index (χ1v) is 15.0. The summed E-state index contributed by atoms with van der Waals surface area (Å²) in [5, 5.41) is 8.58. The molecule has 1 aliphatic heterocycles. The van der Waals surface area contributed by atoms with Crippen molar-refractivity contribution in [3.63, 3.8) is 0 Å². The van der Waals surface area contributed by atoms with Gasteiger partial charge in [-0.05, 0) is 32.1 Å². The third-order valence-electron chi connectivity index (χ3n) is 4.21. The molecule has 18 heteroatoms. The summed E-state index contributed by atoms with van der Waals surface area (Å²) in [5.41, 5.74) is 0. The molecule has 1 heterocycles. The Morgan fingerprint density at radius 2 is 1.24 bits per heavy atom. The van der Waals surface area contributed by atoms with Crippen LogP contribution in [0.4, 0.5) is 0 Å². The topological polar surface area (TPSA) is 197 Å². The zero-order valence-corrected chi connectivity index (χ0v) is 21.4. The van der Waals surface area contributed by atoms with Crippen molar-refractivity contribution in [3.8, 4) is 0 Å². The molecular weight excluding hydrogens is 508 g/mol. The van der Waals surface area contributed by atoms with Gasteiger partial charge in [0.2, 0.25) is 0 Å². The summed E-state index contributed by atoms with van der Waals surface area (Å²) in [4.78, 5) is 28.8. The van der Waals surface area contributed by atoms with E-state index in [0.717, 1.165) is 0 Å². The van der Waals surface area contributed by atoms with Crippen LogP contribution in [0.1, 0.15) is 39.0 Å². The van der Waals surface area contributed by atoms with Crippen LogP contribution in [0.3, 0.4) is 0 Å². The molecule has 6 unspecified atom stereocenters. The molecule has 0 bridgehead atoms. The van der Waals surface area contributed by atoms with Crippen LogP contribution in [-0.4, -0.2) is 85.5 Å². The summed E-state index contributed by atoms with van der Waals surface area (Å²) >= 11 is 0. The first kappa shape index (κ1) is 31.3. The summed E-state index contributed by atoms with van der Waals surface area (Å²) in [6.07, 6.45) is 0.426. The monoisotopic (exact) mass is 542 g/mol. The Morgan fingerprint density at radius 3 is 1.67 bits per heavy atom. The molecule has 0 radical (unpaired) electrons. The second-order valence-electron chi connectivity index (χ2n) is 7.13. The van der Waals surface area contributed by atoms with E-state index in [1.165, 1.54) is 0 Å². The molecule has 1 aliphatic rings. The number of ether oxygens (including phenoxy) is 1. The lowest BCUT2D eigenvalue weighted by Crippen LogP contribution is -2.23. The molecular formula is C15H34BO14P3. The lowest BCUT2D eigenvalue weighted by molar-refractivity contribution is 0.0218. The Kier molecular flexibility index (Phi) is 14.7. The maximum Gasteiger partial charge on any atom is 0.472 e. The van der Waals surface area contributed by atoms with Crippen molar-refractivity contribution in [1.82, 2.24) is 0 Å². The lowest BCUT2D eigenvalue weighted by atomic mass is 9.96. The highest BCUT2D eigenvalue weighted by molar-refractivity contribution is 7.47. The molecule has 0 aromatic carbocycles. The SMILES string of the molecule is BC1CC(OP(=O)(O)OCCCOP(=O)(O)OCCCOP(=O)(O)OCCCO)C(CC)O1. The van der Waals surface area contributed by atoms with Crippen LogP contribution < -0.4 is 0 Å². The van der Waals surface area contributed by atoms with Crippen molar-refractivity contribution in [2.75, 3.05) is 39.6 Å². The molecule has 196 valence electrons. The van der Waals surface area contributed by atoms with Crippen LogP contribution in [0.25, 0.3) is 0 Å². The van der Waals surface area contributed by atoms with Crippen LogP contribution in [0, 0.1) is 0 Å². The predicted octanol–water partition coefficient (Wildman–Crippen LogP) is 1.08. The van der Waals surface area contributed by atoms with Crippen molar-refractivity contribution < 1.29 is 65.4 Å². The maximum absolute atomic E-state index is 12.1. The first-order valence-electron chi connectivity index (χ1n) is 10.6. The quantitative estimate of drug-likeness (QED) is 0.103. The number of aliphatic hydroxyl groups is 1. The highest BCUT2D eigenvalue weighted by atomic mass is 31.2. The zero-order valence-electron chi connectivity index (χ0n) is 18.7. The highest BCUT2D eigenvalue weighted by Crippen LogP contribution is 2.48. The molecule has 0 saturated carbocycles. The normalized spacial score (nSPS) is 26.5. The Morgan fingerprint density at radius 1 is 0.818 bits per heavy atom. The van der Waals surface area contributed by atoms with Gasteiger partial charge in [0.15, 0.2) is 0 Å². The van der Waals surface area contributed by atoms with Crippen molar-refractivity contribution in [2.24, 2.45) is 0 Å². The third-order valence-corrected chi connectivity index (χ3v) is 7.29. The van der Waals surface area contributed by atoms with Gasteiger partial charge in [0.25, 0.3) is 0 Å². The van der Waals surface area contributed by atoms with Crippen molar-refractivity contribution in [3.05, 3.63) is 0 Å². The van der Waals surface area contributed by atoms with Gasteiger partial charge in [-0.2, -0.15) is 0 Å². The molecule has 14 nitrogen and oxygen atoms in total. The average Bonchev–Trinajstić information content (AvgIpc) is 3.05. The molecule has 1 saturated heterocycles. The number of hydrogen-bond acceptors (Lipinski definition) is 11. The minimum Gasteiger partial charge on any atom is -0.396 e. The van der Waals surface area contributed by atoms with E-state index in [0.29, 0.717) is 12.8 Å². The highest BCUT2D eigenvalue weighted by Gasteiger charge is 2.38. The Balaban J connectivity index is 2.16. The lowest BCUT2D eigenvalue weighted by Gasteiger charge is -2.20. The Labute approximate surface area is 194 Å². The maximum atomic E-state index is 12.1. The average molecular weight is 542 g/mol. The number of phosphoric acid groups is 3. The van der Waals surface area contributed by atoms with Gasteiger partial charge >= 0.3 is 23.5 Å². The van der Waals surface area contributed by atoms with Crippen molar-refractivity contribution >= 4 is 31.3 Å². The molecule has 0 aromatic rings. The van der Waals surface area contributed by atoms with E-state index in [9.17, 15) is 28.4 Å². The molecule has 6 atom stereocenters. The first-order chi connectivity index (χ1) is 15.4. The molecule has 33 heavy (non-hydrogen) atoms. The molecule has 0 amide bonds. The van der Waals surface area contributed by atoms with Gasteiger partial charge in [-0.25, -0.2) is 13.7 Å². The molecule has 4 N–H and O–H groups in total. The predicted molar refractivity (Wildman–Crippen MR) is 117 cm³/mol. The minimum absolute atomic E-state index is 0.00177. The minimum atomic E-state index is -4.40. The molecule has 1 fully saturated rings. The van der Waals surface area contributed by atoms with E-state index in [2.05, 4.69) is 9.05 Å².